The van der Waals surface area contributed by atoms with Crippen molar-refractivity contribution < 1.29 is 9.53 Å². The Balaban J connectivity index is 2.07. The van der Waals surface area contributed by atoms with Gasteiger partial charge in [0.25, 0.3) is 0 Å². The molecule has 1 aromatic carbocycles. The van der Waals surface area contributed by atoms with Crippen LogP contribution < -0.4 is 10.1 Å². The number of methoxy groups -OCH3 is 1. The molecular formula is C15H22N2O2S. The van der Waals surface area contributed by atoms with Crippen LogP contribution in [-0.4, -0.2) is 42.6 Å². The first-order chi connectivity index (χ1) is 9.52. The lowest BCUT2D eigenvalue weighted by molar-refractivity contribution is -0.131. The second-order valence-electron chi connectivity index (χ2n) is 5.23. The van der Waals surface area contributed by atoms with Crippen LogP contribution in [-0.2, 0) is 11.3 Å². The van der Waals surface area contributed by atoms with Gasteiger partial charge in [0.05, 0.1) is 13.2 Å². The van der Waals surface area contributed by atoms with E-state index in [1.807, 2.05) is 20.9 Å². The minimum absolute atomic E-state index is 0.0366. The minimum atomic E-state index is -0.0366. The van der Waals surface area contributed by atoms with Gasteiger partial charge in [-0.25, -0.2) is 0 Å². The van der Waals surface area contributed by atoms with E-state index >= 15 is 0 Å². The van der Waals surface area contributed by atoms with Crippen LogP contribution >= 0.6 is 11.8 Å². The Morgan fingerprint density at radius 2 is 2.10 bits per heavy atom. The van der Waals surface area contributed by atoms with Gasteiger partial charge in [-0.05, 0) is 30.5 Å². The van der Waals surface area contributed by atoms with Crippen LogP contribution in [0.5, 0.6) is 5.75 Å². The number of rotatable bonds is 4. The van der Waals surface area contributed by atoms with Crippen molar-refractivity contribution in [3.05, 3.63) is 28.8 Å². The molecule has 0 radical (unpaired) electrons. The van der Waals surface area contributed by atoms with Gasteiger partial charge in [0.1, 0.15) is 5.75 Å². The number of ether oxygens (including phenoxy) is 1. The summed E-state index contributed by atoms with van der Waals surface area (Å²) in [5, 5.41) is 3.22. The third-order valence-electron chi connectivity index (χ3n) is 3.53. The summed E-state index contributed by atoms with van der Waals surface area (Å²) in [6.07, 6.45) is 0. The summed E-state index contributed by atoms with van der Waals surface area (Å²) in [5.74, 6) is 2.83. The molecule has 20 heavy (non-hydrogen) atoms. The minimum Gasteiger partial charge on any atom is -0.496 e. The van der Waals surface area contributed by atoms with Crippen LogP contribution in [0.25, 0.3) is 0 Å². The third kappa shape index (κ3) is 3.27. The fourth-order valence-electron chi connectivity index (χ4n) is 2.62. The topological polar surface area (TPSA) is 41.6 Å². The van der Waals surface area contributed by atoms with Gasteiger partial charge in [0, 0.05) is 25.2 Å². The zero-order valence-corrected chi connectivity index (χ0v) is 13.3. The zero-order valence-electron chi connectivity index (χ0n) is 12.5. The molecule has 0 aromatic heterocycles. The van der Waals surface area contributed by atoms with Gasteiger partial charge >= 0.3 is 0 Å². The molecule has 0 bridgehead atoms. The Morgan fingerprint density at radius 3 is 2.60 bits per heavy atom. The van der Waals surface area contributed by atoms with Crippen molar-refractivity contribution in [2.24, 2.45) is 0 Å². The maximum Gasteiger partial charge on any atom is 0.240 e. The lowest BCUT2D eigenvalue weighted by Crippen LogP contribution is -2.42. The zero-order chi connectivity index (χ0) is 14.7. The first-order valence-corrected chi connectivity index (χ1v) is 7.88. The molecule has 1 fully saturated rings. The normalized spacial score (nSPS) is 18.1. The number of amides is 1. The molecule has 0 aliphatic carbocycles. The summed E-state index contributed by atoms with van der Waals surface area (Å²) in [7, 11) is 3.55. The number of hydrogen-bond acceptors (Lipinski definition) is 4. The molecule has 1 atom stereocenters. The number of benzene rings is 1. The Hall–Kier alpha value is -1.20. The van der Waals surface area contributed by atoms with Gasteiger partial charge in [-0.2, -0.15) is 0 Å². The first-order valence-electron chi connectivity index (χ1n) is 6.73. The van der Waals surface area contributed by atoms with Crippen LogP contribution in [0.4, 0.5) is 0 Å². The Morgan fingerprint density at radius 1 is 1.45 bits per heavy atom. The smallest absolute Gasteiger partial charge is 0.240 e. The first kappa shape index (κ1) is 15.2. The number of likely N-dealkylation sites (N-methyl/N-ethyl adjacent to an activating group) is 1. The fourth-order valence-corrected chi connectivity index (χ4v) is 3.56. The van der Waals surface area contributed by atoms with E-state index in [1.165, 1.54) is 0 Å². The molecule has 1 N–H and O–H groups in total. The Labute approximate surface area is 124 Å². The molecule has 0 spiro atoms. The summed E-state index contributed by atoms with van der Waals surface area (Å²) in [6, 6.07) is 4.14. The summed E-state index contributed by atoms with van der Waals surface area (Å²) in [6.45, 7) is 4.70. The standard InChI is InChI=1S/C15H22N2O2S/c1-10-5-12(6-11(2)14(10)19-4)7-17(3)15(18)13-8-20-9-16-13/h5-6,13,16H,7-9H2,1-4H3/t13-/m1/s1. The molecule has 1 heterocycles. The van der Waals surface area contributed by atoms with Crippen LogP contribution in [0.2, 0.25) is 0 Å². The quantitative estimate of drug-likeness (QED) is 0.921. The summed E-state index contributed by atoms with van der Waals surface area (Å²) in [4.78, 5) is 14.1. The molecule has 0 unspecified atom stereocenters. The highest BCUT2D eigenvalue weighted by molar-refractivity contribution is 7.99. The van der Waals surface area contributed by atoms with E-state index in [4.69, 9.17) is 4.74 Å². The van der Waals surface area contributed by atoms with Gasteiger partial charge in [0.15, 0.2) is 0 Å². The van der Waals surface area contributed by atoms with E-state index < -0.39 is 0 Å². The van der Waals surface area contributed by atoms with Crippen molar-refractivity contribution in [3.8, 4) is 5.75 Å². The van der Waals surface area contributed by atoms with Gasteiger partial charge < -0.3 is 9.64 Å². The Bertz CT molecular complexity index is 476. The van der Waals surface area contributed by atoms with Crippen LogP contribution in [0.3, 0.4) is 0 Å². The number of nitrogens with zero attached hydrogens (tertiary/aromatic N) is 1. The number of hydrogen-bond donors (Lipinski definition) is 1. The van der Waals surface area contributed by atoms with Crippen molar-refractivity contribution in [2.75, 3.05) is 25.8 Å². The van der Waals surface area contributed by atoms with E-state index in [0.29, 0.717) is 6.54 Å². The highest BCUT2D eigenvalue weighted by Gasteiger charge is 2.25. The monoisotopic (exact) mass is 294 g/mol. The number of carbonyl (C=O) groups excluding carboxylic acids is 1. The summed E-state index contributed by atoms with van der Waals surface area (Å²) < 4.78 is 5.37. The van der Waals surface area contributed by atoms with Crippen molar-refractivity contribution in [2.45, 2.75) is 26.4 Å². The summed E-state index contributed by atoms with van der Waals surface area (Å²) >= 11 is 1.77. The molecule has 5 heteroatoms. The van der Waals surface area contributed by atoms with Crippen molar-refractivity contribution >= 4 is 17.7 Å². The molecule has 0 saturated carbocycles. The maximum absolute atomic E-state index is 12.3. The summed E-state index contributed by atoms with van der Waals surface area (Å²) in [5.41, 5.74) is 3.36. The molecule has 2 rings (SSSR count). The van der Waals surface area contributed by atoms with E-state index in [1.54, 1.807) is 23.8 Å². The molecule has 4 nitrogen and oxygen atoms in total. The van der Waals surface area contributed by atoms with Crippen molar-refractivity contribution in [3.63, 3.8) is 0 Å². The SMILES string of the molecule is COc1c(C)cc(CN(C)C(=O)[C@H]2CSCN2)cc1C. The van der Waals surface area contributed by atoms with Crippen LogP contribution in [0, 0.1) is 13.8 Å². The molecule has 1 aromatic rings. The maximum atomic E-state index is 12.3. The van der Waals surface area contributed by atoms with E-state index in [-0.39, 0.29) is 11.9 Å². The van der Waals surface area contributed by atoms with Gasteiger partial charge in [0.2, 0.25) is 5.91 Å². The molecule has 1 aliphatic heterocycles. The third-order valence-corrected chi connectivity index (χ3v) is 4.47. The van der Waals surface area contributed by atoms with Crippen molar-refractivity contribution in [1.82, 2.24) is 10.2 Å². The predicted octanol–water partition coefficient (Wildman–Crippen LogP) is 1.93. The van der Waals surface area contributed by atoms with Gasteiger partial charge in [-0.3, -0.25) is 10.1 Å². The number of nitrogens with one attached hydrogen (secondary N) is 1. The molecule has 1 aliphatic rings. The molecule has 1 saturated heterocycles. The highest BCUT2D eigenvalue weighted by Crippen LogP contribution is 2.25. The largest absolute Gasteiger partial charge is 0.496 e. The fraction of sp³-hybridized carbons (Fsp3) is 0.533. The lowest BCUT2D eigenvalue weighted by atomic mass is 10.1. The average molecular weight is 294 g/mol. The predicted molar refractivity (Wildman–Crippen MR) is 83.2 cm³/mol. The van der Waals surface area contributed by atoms with Gasteiger partial charge in [-0.15, -0.1) is 11.8 Å². The second kappa shape index (κ2) is 6.50. The van der Waals surface area contributed by atoms with E-state index in [2.05, 4.69) is 17.4 Å². The Kier molecular flexibility index (Phi) is 4.94. The molecule has 1 amide bonds. The van der Waals surface area contributed by atoms with E-state index in [0.717, 1.165) is 34.1 Å². The van der Waals surface area contributed by atoms with Crippen LogP contribution in [0.1, 0.15) is 16.7 Å². The number of carbonyl (C=O) groups is 1. The van der Waals surface area contributed by atoms with E-state index in [9.17, 15) is 4.79 Å². The molecular weight excluding hydrogens is 272 g/mol. The van der Waals surface area contributed by atoms with Crippen molar-refractivity contribution in [1.29, 1.82) is 0 Å². The average Bonchev–Trinajstić information content (AvgIpc) is 2.91. The molecule has 110 valence electrons. The lowest BCUT2D eigenvalue weighted by Gasteiger charge is -2.22. The highest BCUT2D eigenvalue weighted by atomic mass is 32.2. The second-order valence-corrected chi connectivity index (χ2v) is 6.26. The van der Waals surface area contributed by atoms with Crippen LogP contribution in [0.15, 0.2) is 12.1 Å². The number of thioether (sulfide) groups is 1. The number of aryl methyl sites for hydroxylation is 2. The van der Waals surface area contributed by atoms with Gasteiger partial charge in [-0.1, -0.05) is 12.1 Å².